The lowest BCUT2D eigenvalue weighted by molar-refractivity contribution is 0.354. The van der Waals surface area contributed by atoms with Crippen LogP contribution < -0.4 is 14.8 Å². The summed E-state index contributed by atoms with van der Waals surface area (Å²) in [6.45, 7) is 4.16. The third-order valence-corrected chi connectivity index (χ3v) is 4.20. The molecule has 6 nitrogen and oxygen atoms in total. The van der Waals surface area contributed by atoms with Crippen molar-refractivity contribution in [3.63, 3.8) is 0 Å². The lowest BCUT2D eigenvalue weighted by atomic mass is 10.1. The van der Waals surface area contributed by atoms with Crippen molar-refractivity contribution in [2.45, 2.75) is 19.9 Å². The highest BCUT2D eigenvalue weighted by Crippen LogP contribution is 2.27. The van der Waals surface area contributed by atoms with Crippen molar-refractivity contribution >= 4 is 29.9 Å². The third-order valence-electron chi connectivity index (χ3n) is 4.20. The Balaban J connectivity index is 0.00000392. The number of phenols is 1. The van der Waals surface area contributed by atoms with Crippen molar-refractivity contribution in [1.82, 2.24) is 10.2 Å². The predicted octanol–water partition coefficient (Wildman–Crippen LogP) is 3.67. The zero-order valence-electron chi connectivity index (χ0n) is 16.9. The standard InChI is InChI=1S/C21H29N3O3.HI/c1-5-22-21(23-15-17-7-6-8-18(25)13-17)24(2)12-11-16-9-10-19(26-3)20(14-16)27-4;/h6-10,13-14,25H,5,11-12,15H2,1-4H3,(H,22,23);1H. The Hall–Kier alpha value is -2.16. The fourth-order valence-corrected chi connectivity index (χ4v) is 2.73. The molecule has 0 saturated heterocycles. The molecule has 0 aromatic heterocycles. The van der Waals surface area contributed by atoms with Crippen LogP contribution >= 0.6 is 24.0 Å². The van der Waals surface area contributed by atoms with Gasteiger partial charge in [-0.05, 0) is 48.7 Å². The molecule has 0 saturated carbocycles. The van der Waals surface area contributed by atoms with E-state index in [1.54, 1.807) is 26.4 Å². The molecule has 7 heteroatoms. The summed E-state index contributed by atoms with van der Waals surface area (Å²) in [5.74, 6) is 2.56. The number of aliphatic imine (C=N–C) groups is 1. The first-order valence-electron chi connectivity index (χ1n) is 9.05. The van der Waals surface area contributed by atoms with Crippen molar-refractivity contribution < 1.29 is 14.6 Å². The van der Waals surface area contributed by atoms with Crippen LogP contribution in [0.4, 0.5) is 0 Å². The Bertz CT molecular complexity index is 768. The summed E-state index contributed by atoms with van der Waals surface area (Å²) in [4.78, 5) is 6.77. The highest BCUT2D eigenvalue weighted by molar-refractivity contribution is 14.0. The number of nitrogens with one attached hydrogen (secondary N) is 1. The van der Waals surface area contributed by atoms with Gasteiger partial charge in [-0.2, -0.15) is 0 Å². The van der Waals surface area contributed by atoms with E-state index >= 15 is 0 Å². The summed E-state index contributed by atoms with van der Waals surface area (Å²) in [5.41, 5.74) is 2.14. The molecule has 2 aromatic carbocycles. The first-order chi connectivity index (χ1) is 13.1. The minimum atomic E-state index is 0. The van der Waals surface area contributed by atoms with Gasteiger partial charge < -0.3 is 24.8 Å². The van der Waals surface area contributed by atoms with E-state index in [9.17, 15) is 5.11 Å². The van der Waals surface area contributed by atoms with E-state index < -0.39 is 0 Å². The number of methoxy groups -OCH3 is 2. The maximum atomic E-state index is 9.59. The quantitative estimate of drug-likeness (QED) is 0.330. The normalized spacial score (nSPS) is 10.8. The van der Waals surface area contributed by atoms with Gasteiger partial charge in [-0.1, -0.05) is 18.2 Å². The molecule has 2 rings (SSSR count). The highest BCUT2D eigenvalue weighted by atomic mass is 127. The van der Waals surface area contributed by atoms with Gasteiger partial charge in [0.25, 0.3) is 0 Å². The van der Waals surface area contributed by atoms with Crippen LogP contribution in [0.3, 0.4) is 0 Å². The number of halogens is 1. The number of guanidine groups is 1. The number of hydrogen-bond acceptors (Lipinski definition) is 4. The second-order valence-corrected chi connectivity index (χ2v) is 6.20. The van der Waals surface area contributed by atoms with Gasteiger partial charge in [0, 0.05) is 20.1 Å². The zero-order valence-corrected chi connectivity index (χ0v) is 19.3. The maximum Gasteiger partial charge on any atom is 0.193 e. The van der Waals surface area contributed by atoms with Gasteiger partial charge in [-0.3, -0.25) is 0 Å². The van der Waals surface area contributed by atoms with Crippen LogP contribution in [0.2, 0.25) is 0 Å². The molecule has 0 fully saturated rings. The van der Waals surface area contributed by atoms with Gasteiger partial charge in [0.15, 0.2) is 17.5 Å². The second-order valence-electron chi connectivity index (χ2n) is 6.20. The lowest BCUT2D eigenvalue weighted by Gasteiger charge is -2.22. The molecule has 0 heterocycles. The van der Waals surface area contributed by atoms with Crippen molar-refractivity contribution in [2.24, 2.45) is 4.99 Å². The van der Waals surface area contributed by atoms with Gasteiger partial charge in [-0.15, -0.1) is 24.0 Å². The Morgan fingerprint density at radius 2 is 1.82 bits per heavy atom. The summed E-state index contributed by atoms with van der Waals surface area (Å²) >= 11 is 0. The molecule has 0 aliphatic rings. The predicted molar refractivity (Wildman–Crippen MR) is 124 cm³/mol. The minimum Gasteiger partial charge on any atom is -0.508 e. The Morgan fingerprint density at radius 1 is 1.07 bits per heavy atom. The molecule has 0 atom stereocenters. The molecule has 0 aliphatic heterocycles. The van der Waals surface area contributed by atoms with E-state index in [-0.39, 0.29) is 29.7 Å². The first kappa shape index (κ1) is 23.9. The minimum absolute atomic E-state index is 0. The molecule has 0 unspecified atom stereocenters. The molecule has 0 bridgehead atoms. The fourth-order valence-electron chi connectivity index (χ4n) is 2.73. The van der Waals surface area contributed by atoms with Crippen molar-refractivity contribution in [1.29, 1.82) is 0 Å². The highest BCUT2D eigenvalue weighted by Gasteiger charge is 2.08. The molecule has 0 radical (unpaired) electrons. The monoisotopic (exact) mass is 499 g/mol. The molecule has 0 spiro atoms. The molecule has 154 valence electrons. The summed E-state index contributed by atoms with van der Waals surface area (Å²) < 4.78 is 10.7. The third kappa shape index (κ3) is 7.10. The number of hydrogen-bond donors (Lipinski definition) is 2. The van der Waals surface area contributed by atoms with Gasteiger partial charge in [0.2, 0.25) is 0 Å². The van der Waals surface area contributed by atoms with Crippen molar-refractivity contribution in [2.75, 3.05) is 34.4 Å². The van der Waals surface area contributed by atoms with Crippen LogP contribution in [-0.2, 0) is 13.0 Å². The van der Waals surface area contributed by atoms with Crippen molar-refractivity contribution in [3.05, 3.63) is 53.6 Å². The number of benzene rings is 2. The molecule has 28 heavy (non-hydrogen) atoms. The smallest absolute Gasteiger partial charge is 0.193 e. The Kier molecular flexibility index (Phi) is 10.5. The molecule has 2 aromatic rings. The Labute approximate surface area is 184 Å². The topological polar surface area (TPSA) is 66.3 Å². The van der Waals surface area contributed by atoms with Crippen LogP contribution in [0, 0.1) is 0 Å². The number of rotatable bonds is 8. The van der Waals surface area contributed by atoms with E-state index in [0.29, 0.717) is 6.54 Å². The number of likely N-dealkylation sites (N-methyl/N-ethyl adjacent to an activating group) is 1. The van der Waals surface area contributed by atoms with Crippen LogP contribution in [0.1, 0.15) is 18.1 Å². The molecule has 0 aliphatic carbocycles. The van der Waals surface area contributed by atoms with Crippen LogP contribution in [0.5, 0.6) is 17.2 Å². The second kappa shape index (κ2) is 12.3. The van der Waals surface area contributed by atoms with E-state index in [1.807, 2.05) is 44.3 Å². The zero-order chi connectivity index (χ0) is 19.6. The van der Waals surface area contributed by atoms with Crippen LogP contribution in [0.15, 0.2) is 47.5 Å². The number of nitrogens with zero attached hydrogens (tertiary/aromatic N) is 2. The van der Waals surface area contributed by atoms with E-state index in [0.717, 1.165) is 42.5 Å². The van der Waals surface area contributed by atoms with Gasteiger partial charge in [-0.25, -0.2) is 4.99 Å². The fraction of sp³-hybridized carbons (Fsp3) is 0.381. The number of phenolic OH excluding ortho intramolecular Hbond substituents is 1. The summed E-state index contributed by atoms with van der Waals surface area (Å²) in [6, 6.07) is 13.2. The number of ether oxygens (including phenoxy) is 2. The van der Waals surface area contributed by atoms with E-state index in [2.05, 4.69) is 15.2 Å². The number of aromatic hydroxyl groups is 1. The van der Waals surface area contributed by atoms with Gasteiger partial charge >= 0.3 is 0 Å². The van der Waals surface area contributed by atoms with Crippen LogP contribution in [-0.4, -0.2) is 50.3 Å². The largest absolute Gasteiger partial charge is 0.508 e. The first-order valence-corrected chi connectivity index (χ1v) is 9.05. The lowest BCUT2D eigenvalue weighted by Crippen LogP contribution is -2.39. The summed E-state index contributed by atoms with van der Waals surface area (Å²) in [6.07, 6.45) is 0.855. The van der Waals surface area contributed by atoms with E-state index in [4.69, 9.17) is 9.47 Å². The molecular weight excluding hydrogens is 469 g/mol. The average Bonchev–Trinajstić information content (AvgIpc) is 2.69. The van der Waals surface area contributed by atoms with Crippen molar-refractivity contribution in [3.8, 4) is 17.2 Å². The van der Waals surface area contributed by atoms with E-state index in [1.165, 1.54) is 5.56 Å². The molecular formula is C21H30IN3O3. The van der Waals surface area contributed by atoms with Crippen LogP contribution in [0.25, 0.3) is 0 Å². The SMILES string of the molecule is CCNC(=NCc1cccc(O)c1)N(C)CCc1ccc(OC)c(OC)c1.I. The summed E-state index contributed by atoms with van der Waals surface area (Å²) in [5, 5.41) is 12.9. The molecule has 2 N–H and O–H groups in total. The summed E-state index contributed by atoms with van der Waals surface area (Å²) in [7, 11) is 5.30. The van der Waals surface area contributed by atoms with Gasteiger partial charge in [0.05, 0.1) is 20.8 Å². The maximum absolute atomic E-state index is 9.59. The Morgan fingerprint density at radius 3 is 2.46 bits per heavy atom. The average molecular weight is 499 g/mol. The molecule has 0 amide bonds. The van der Waals surface area contributed by atoms with Gasteiger partial charge in [0.1, 0.15) is 5.75 Å².